The molecule has 0 unspecified atom stereocenters. The molecule has 0 radical (unpaired) electrons. The molecule has 1 saturated heterocycles. The minimum atomic E-state index is -0.307. The van der Waals surface area contributed by atoms with E-state index in [-0.39, 0.29) is 36.6 Å². The van der Waals surface area contributed by atoms with Gasteiger partial charge >= 0.3 is 0 Å². The topological polar surface area (TPSA) is 94.6 Å². The van der Waals surface area contributed by atoms with Crippen molar-refractivity contribution in [3.63, 3.8) is 0 Å². The molecule has 190 valence electrons. The van der Waals surface area contributed by atoms with E-state index in [1.54, 1.807) is 22.4 Å². The fourth-order valence-electron chi connectivity index (χ4n) is 4.08. The second-order valence-corrected chi connectivity index (χ2v) is 10.4. The van der Waals surface area contributed by atoms with Gasteiger partial charge in [0, 0.05) is 30.6 Å². The van der Waals surface area contributed by atoms with Gasteiger partial charge in [-0.15, -0.1) is 11.3 Å². The lowest BCUT2D eigenvalue weighted by Gasteiger charge is -2.26. The second-order valence-electron chi connectivity index (χ2n) is 9.57. The van der Waals surface area contributed by atoms with E-state index in [4.69, 9.17) is 0 Å². The highest BCUT2D eigenvalue weighted by Crippen LogP contribution is 2.16. The number of hydrogen-bond donors (Lipinski definition) is 2. The number of anilines is 1. The first-order chi connectivity index (χ1) is 16.8. The number of nitrogens with one attached hydrogen (secondary N) is 2. The third-order valence-electron chi connectivity index (χ3n) is 5.84. The Morgan fingerprint density at radius 3 is 2.49 bits per heavy atom. The molecule has 0 bridgehead atoms. The molecule has 2 heterocycles. The van der Waals surface area contributed by atoms with Crippen LogP contribution < -0.4 is 10.6 Å². The molecule has 3 rings (SSSR count). The number of piperidine rings is 1. The van der Waals surface area contributed by atoms with Crippen molar-refractivity contribution in [1.29, 1.82) is 0 Å². The van der Waals surface area contributed by atoms with Crippen molar-refractivity contribution in [1.82, 2.24) is 20.1 Å². The Labute approximate surface area is 212 Å². The fourth-order valence-corrected chi connectivity index (χ4v) is 4.81. The standard InChI is InChI=1S/C26H37N5O3S/c1-19(2)16-31(25(34)21-9-7-20(3)8-10-21)17-24(33)29-26-28-22(18-35-26)15-23(32)27-11-14-30-12-5-4-6-13-30/h7-10,18-19H,4-6,11-17H2,1-3H3,(H,27,32)(H,28,29,33). The number of likely N-dealkylation sites (tertiary alicyclic amines) is 1. The summed E-state index contributed by atoms with van der Waals surface area (Å²) in [5.74, 6) is -0.332. The number of amides is 3. The number of rotatable bonds is 11. The number of carbonyl (C=O) groups excluding carboxylic acids is 3. The van der Waals surface area contributed by atoms with Crippen LogP contribution in [-0.2, 0) is 16.0 Å². The molecular weight excluding hydrogens is 462 g/mol. The molecule has 0 aliphatic carbocycles. The Morgan fingerprint density at radius 1 is 1.09 bits per heavy atom. The summed E-state index contributed by atoms with van der Waals surface area (Å²) in [7, 11) is 0. The molecule has 8 nitrogen and oxygen atoms in total. The summed E-state index contributed by atoms with van der Waals surface area (Å²) in [4.78, 5) is 46.3. The quantitative estimate of drug-likeness (QED) is 0.495. The summed E-state index contributed by atoms with van der Waals surface area (Å²) in [6.07, 6.45) is 3.94. The Hall–Kier alpha value is -2.78. The van der Waals surface area contributed by atoms with Crippen molar-refractivity contribution in [3.05, 3.63) is 46.5 Å². The van der Waals surface area contributed by atoms with Crippen LogP contribution in [0.15, 0.2) is 29.6 Å². The van der Waals surface area contributed by atoms with E-state index in [9.17, 15) is 14.4 Å². The van der Waals surface area contributed by atoms with Crippen LogP contribution in [0.25, 0.3) is 0 Å². The zero-order valence-electron chi connectivity index (χ0n) is 21.0. The summed E-state index contributed by atoms with van der Waals surface area (Å²) < 4.78 is 0. The normalized spacial score (nSPS) is 14.1. The lowest BCUT2D eigenvalue weighted by molar-refractivity contribution is -0.120. The third-order valence-corrected chi connectivity index (χ3v) is 6.65. The zero-order chi connectivity index (χ0) is 25.2. The average molecular weight is 500 g/mol. The molecule has 1 aromatic heterocycles. The number of aromatic nitrogens is 1. The smallest absolute Gasteiger partial charge is 0.254 e. The molecule has 0 saturated carbocycles. The van der Waals surface area contributed by atoms with Gasteiger partial charge in [-0.25, -0.2) is 4.98 Å². The van der Waals surface area contributed by atoms with Crippen LogP contribution in [0, 0.1) is 12.8 Å². The highest BCUT2D eigenvalue weighted by Gasteiger charge is 2.21. The van der Waals surface area contributed by atoms with Gasteiger partial charge in [-0.2, -0.15) is 0 Å². The molecule has 0 spiro atoms. The van der Waals surface area contributed by atoms with E-state index in [1.807, 2.05) is 32.9 Å². The third kappa shape index (κ3) is 9.07. The molecule has 35 heavy (non-hydrogen) atoms. The molecule has 1 aliphatic rings. The van der Waals surface area contributed by atoms with Gasteiger partial charge in [0.15, 0.2) is 5.13 Å². The average Bonchev–Trinajstić information content (AvgIpc) is 3.25. The summed E-state index contributed by atoms with van der Waals surface area (Å²) in [5, 5.41) is 7.94. The largest absolute Gasteiger partial charge is 0.354 e. The minimum Gasteiger partial charge on any atom is -0.354 e. The lowest BCUT2D eigenvalue weighted by Crippen LogP contribution is -2.40. The van der Waals surface area contributed by atoms with Crippen LogP contribution >= 0.6 is 11.3 Å². The Bertz CT molecular complexity index is 983. The molecule has 3 amide bonds. The van der Waals surface area contributed by atoms with E-state index in [1.165, 1.54) is 30.6 Å². The SMILES string of the molecule is Cc1ccc(C(=O)N(CC(=O)Nc2nc(CC(=O)NCCN3CCCCC3)cs2)CC(C)C)cc1. The first-order valence-electron chi connectivity index (χ1n) is 12.4. The van der Waals surface area contributed by atoms with Gasteiger partial charge in [0.2, 0.25) is 11.8 Å². The number of aryl methyl sites for hydroxylation is 1. The monoisotopic (exact) mass is 499 g/mol. The van der Waals surface area contributed by atoms with Crippen molar-refractivity contribution < 1.29 is 14.4 Å². The highest BCUT2D eigenvalue weighted by molar-refractivity contribution is 7.13. The maximum atomic E-state index is 13.0. The fraction of sp³-hybridized carbons (Fsp3) is 0.538. The van der Waals surface area contributed by atoms with Crippen molar-refractivity contribution in [2.75, 3.05) is 44.6 Å². The maximum Gasteiger partial charge on any atom is 0.254 e. The minimum absolute atomic E-state index is 0.0587. The van der Waals surface area contributed by atoms with E-state index in [0.29, 0.717) is 29.5 Å². The van der Waals surface area contributed by atoms with Gasteiger partial charge in [-0.3, -0.25) is 14.4 Å². The van der Waals surface area contributed by atoms with Crippen molar-refractivity contribution >= 4 is 34.2 Å². The van der Waals surface area contributed by atoms with Gasteiger partial charge in [-0.1, -0.05) is 38.0 Å². The Morgan fingerprint density at radius 2 is 1.80 bits per heavy atom. The Balaban J connectivity index is 1.47. The summed E-state index contributed by atoms with van der Waals surface area (Å²) in [5.41, 5.74) is 2.26. The van der Waals surface area contributed by atoms with Crippen LogP contribution in [0.4, 0.5) is 5.13 Å². The molecule has 1 aromatic carbocycles. The zero-order valence-corrected chi connectivity index (χ0v) is 21.8. The number of thiazole rings is 1. The number of nitrogens with zero attached hydrogens (tertiary/aromatic N) is 3. The number of carbonyl (C=O) groups is 3. The molecular formula is C26H37N5O3S. The summed E-state index contributed by atoms with van der Waals surface area (Å²) in [6.45, 7) is 10.1. The van der Waals surface area contributed by atoms with Crippen LogP contribution in [0.5, 0.6) is 0 Å². The van der Waals surface area contributed by atoms with E-state index in [0.717, 1.165) is 25.2 Å². The predicted octanol–water partition coefficient (Wildman–Crippen LogP) is 3.33. The van der Waals surface area contributed by atoms with Gasteiger partial charge in [0.25, 0.3) is 5.91 Å². The van der Waals surface area contributed by atoms with Crippen LogP contribution in [0.2, 0.25) is 0 Å². The van der Waals surface area contributed by atoms with Gasteiger partial charge in [-0.05, 0) is 50.9 Å². The number of hydrogen-bond acceptors (Lipinski definition) is 6. The Kier molecular flexibility index (Phi) is 10.2. The van der Waals surface area contributed by atoms with E-state index in [2.05, 4.69) is 20.5 Å². The van der Waals surface area contributed by atoms with Crippen LogP contribution in [0.1, 0.15) is 54.7 Å². The molecule has 1 fully saturated rings. The molecule has 9 heteroatoms. The van der Waals surface area contributed by atoms with Crippen LogP contribution in [0.3, 0.4) is 0 Å². The molecule has 2 N–H and O–H groups in total. The van der Waals surface area contributed by atoms with E-state index >= 15 is 0 Å². The molecule has 0 atom stereocenters. The summed E-state index contributed by atoms with van der Waals surface area (Å²) in [6, 6.07) is 7.35. The molecule has 2 aromatic rings. The van der Waals surface area contributed by atoms with Crippen molar-refractivity contribution in [3.8, 4) is 0 Å². The predicted molar refractivity (Wildman–Crippen MR) is 140 cm³/mol. The number of benzene rings is 1. The lowest BCUT2D eigenvalue weighted by atomic mass is 10.1. The van der Waals surface area contributed by atoms with Gasteiger partial charge < -0.3 is 20.4 Å². The van der Waals surface area contributed by atoms with E-state index < -0.39 is 0 Å². The maximum absolute atomic E-state index is 13.0. The first-order valence-corrected chi connectivity index (χ1v) is 13.3. The van der Waals surface area contributed by atoms with Crippen LogP contribution in [-0.4, -0.2) is 71.8 Å². The van der Waals surface area contributed by atoms with Gasteiger partial charge in [0.05, 0.1) is 12.1 Å². The van der Waals surface area contributed by atoms with Gasteiger partial charge in [0.1, 0.15) is 6.54 Å². The van der Waals surface area contributed by atoms with Crippen molar-refractivity contribution in [2.24, 2.45) is 5.92 Å². The summed E-state index contributed by atoms with van der Waals surface area (Å²) >= 11 is 1.28. The first kappa shape index (κ1) is 26.8. The molecule has 1 aliphatic heterocycles. The second kappa shape index (κ2) is 13.3. The highest BCUT2D eigenvalue weighted by atomic mass is 32.1. The van der Waals surface area contributed by atoms with Crippen molar-refractivity contribution in [2.45, 2.75) is 46.5 Å².